The Morgan fingerprint density at radius 3 is 2.00 bits per heavy atom. The summed E-state index contributed by atoms with van der Waals surface area (Å²) < 4.78 is 47.1. The van der Waals surface area contributed by atoms with Crippen molar-refractivity contribution in [1.29, 1.82) is 0 Å². The van der Waals surface area contributed by atoms with Crippen LogP contribution in [0.1, 0.15) is 38.5 Å². The van der Waals surface area contributed by atoms with E-state index in [4.69, 9.17) is 0 Å². The van der Waals surface area contributed by atoms with Crippen LogP contribution in [0.4, 0.5) is 0 Å². The first kappa shape index (κ1) is 15.9. The van der Waals surface area contributed by atoms with Gasteiger partial charge in [-0.3, -0.25) is 0 Å². The van der Waals surface area contributed by atoms with E-state index >= 15 is 0 Å². The van der Waals surface area contributed by atoms with Crippen molar-refractivity contribution in [1.82, 2.24) is 4.72 Å². The van der Waals surface area contributed by atoms with Gasteiger partial charge in [-0.15, -0.1) is 0 Å². The summed E-state index contributed by atoms with van der Waals surface area (Å²) in [5, 5.41) is 9.30. The van der Waals surface area contributed by atoms with E-state index in [-0.39, 0.29) is 6.54 Å². The van der Waals surface area contributed by atoms with Gasteiger partial charge in [-0.2, -0.15) is 0 Å². The molecule has 6 nitrogen and oxygen atoms in total. The highest BCUT2D eigenvalue weighted by Crippen LogP contribution is 2.26. The van der Waals surface area contributed by atoms with E-state index in [2.05, 4.69) is 4.72 Å². The van der Waals surface area contributed by atoms with Crippen LogP contribution in [0.25, 0.3) is 0 Å². The number of rotatable bonds is 5. The molecule has 108 valence electrons. The second kappa shape index (κ2) is 5.85. The Bertz CT molecular complexity index is 460. The highest BCUT2D eigenvalue weighted by atomic mass is 32.3. The van der Waals surface area contributed by atoms with E-state index in [1.54, 1.807) is 0 Å². The topological polar surface area (TPSA) is 101 Å². The lowest BCUT2D eigenvalue weighted by molar-refractivity contribution is 0.0303. The van der Waals surface area contributed by atoms with Crippen molar-refractivity contribution in [3.05, 3.63) is 0 Å². The summed E-state index contributed by atoms with van der Waals surface area (Å²) in [6.07, 6.45) is 5.78. The minimum absolute atomic E-state index is 0.106. The number of sulfone groups is 1. The molecule has 0 aromatic rings. The van der Waals surface area contributed by atoms with E-state index in [1.807, 2.05) is 0 Å². The van der Waals surface area contributed by atoms with Crippen molar-refractivity contribution in [2.45, 2.75) is 44.1 Å². The normalized spacial score (nSPS) is 21.4. The molecular weight excluding hydrogens is 278 g/mol. The van der Waals surface area contributed by atoms with Gasteiger partial charge in [0.1, 0.15) is 0 Å². The molecule has 18 heavy (non-hydrogen) atoms. The van der Waals surface area contributed by atoms with Gasteiger partial charge in [-0.05, 0) is 12.8 Å². The van der Waals surface area contributed by atoms with Gasteiger partial charge in [0.2, 0.25) is 10.0 Å². The average Bonchev–Trinajstić information content (AvgIpc) is 2.38. The fraction of sp³-hybridized carbons (Fsp3) is 1.00. The Balaban J connectivity index is 2.58. The van der Waals surface area contributed by atoms with Gasteiger partial charge in [0.05, 0.1) is 5.60 Å². The van der Waals surface area contributed by atoms with Gasteiger partial charge < -0.3 is 5.11 Å². The number of sulfonamides is 1. The number of aliphatic hydroxyl groups is 1. The number of hydrogen-bond acceptors (Lipinski definition) is 5. The molecule has 0 saturated heterocycles. The van der Waals surface area contributed by atoms with Crippen LogP contribution in [-0.4, -0.2) is 45.4 Å². The molecule has 1 fully saturated rings. The quantitative estimate of drug-likeness (QED) is 0.696. The Morgan fingerprint density at radius 1 is 1.06 bits per heavy atom. The van der Waals surface area contributed by atoms with Gasteiger partial charge in [0, 0.05) is 12.8 Å². The molecule has 0 aliphatic heterocycles. The first-order chi connectivity index (χ1) is 8.12. The van der Waals surface area contributed by atoms with Crippen LogP contribution in [0.15, 0.2) is 0 Å². The van der Waals surface area contributed by atoms with Crippen molar-refractivity contribution in [2.75, 3.05) is 17.9 Å². The maximum atomic E-state index is 11.5. The lowest BCUT2D eigenvalue weighted by Crippen LogP contribution is -2.43. The summed E-state index contributed by atoms with van der Waals surface area (Å²) >= 11 is 0. The average molecular weight is 299 g/mol. The third-order valence-corrected chi connectivity index (χ3v) is 6.56. The van der Waals surface area contributed by atoms with Crippen molar-refractivity contribution in [3.63, 3.8) is 0 Å². The smallest absolute Gasteiger partial charge is 0.226 e. The van der Waals surface area contributed by atoms with E-state index in [0.717, 1.165) is 31.9 Å². The van der Waals surface area contributed by atoms with Crippen molar-refractivity contribution >= 4 is 19.9 Å². The van der Waals surface area contributed by atoms with Crippen molar-refractivity contribution < 1.29 is 21.9 Å². The molecule has 0 amide bonds. The van der Waals surface area contributed by atoms with E-state index in [1.165, 1.54) is 0 Å². The Kier molecular flexibility index (Phi) is 5.16. The van der Waals surface area contributed by atoms with Gasteiger partial charge in [-0.25, -0.2) is 21.6 Å². The molecule has 1 aliphatic rings. The van der Waals surface area contributed by atoms with Crippen LogP contribution in [0.5, 0.6) is 0 Å². The Morgan fingerprint density at radius 2 is 1.56 bits per heavy atom. The van der Waals surface area contributed by atoms with E-state index < -0.39 is 30.5 Å². The predicted octanol–water partition coefficient (Wildman–Crippen LogP) is -0.00680. The van der Waals surface area contributed by atoms with Gasteiger partial charge in [0.15, 0.2) is 14.9 Å². The fourth-order valence-electron chi connectivity index (χ4n) is 2.13. The molecule has 8 heteroatoms. The molecule has 1 saturated carbocycles. The van der Waals surface area contributed by atoms with E-state index in [0.29, 0.717) is 12.8 Å². The molecule has 0 bridgehead atoms. The zero-order valence-corrected chi connectivity index (χ0v) is 12.2. The summed E-state index contributed by atoms with van der Waals surface area (Å²) in [6.45, 7) is -0.106. The molecule has 0 atom stereocenters. The summed E-state index contributed by atoms with van der Waals surface area (Å²) in [5.74, 6) is 0. The summed E-state index contributed by atoms with van der Waals surface area (Å²) in [5.41, 5.74) is -1.04. The van der Waals surface area contributed by atoms with Crippen LogP contribution in [0, 0.1) is 0 Å². The second-order valence-corrected chi connectivity index (χ2v) is 9.43. The molecule has 1 rings (SSSR count). The SMILES string of the molecule is CS(=O)(=O)CS(=O)(=O)NCC1(O)CCCCCC1. The third kappa shape index (κ3) is 6.12. The van der Waals surface area contributed by atoms with Crippen LogP contribution in [-0.2, 0) is 19.9 Å². The fourth-order valence-corrected chi connectivity index (χ4v) is 5.21. The molecule has 0 spiro atoms. The predicted molar refractivity (Wildman–Crippen MR) is 69.3 cm³/mol. The van der Waals surface area contributed by atoms with Crippen LogP contribution < -0.4 is 4.72 Å². The number of hydrogen-bond donors (Lipinski definition) is 2. The largest absolute Gasteiger partial charge is 0.389 e. The summed E-state index contributed by atoms with van der Waals surface area (Å²) in [6, 6.07) is 0. The summed E-state index contributed by atoms with van der Waals surface area (Å²) in [7, 11) is -7.48. The maximum absolute atomic E-state index is 11.5. The molecule has 0 unspecified atom stereocenters. The lowest BCUT2D eigenvalue weighted by atomic mass is 9.95. The van der Waals surface area contributed by atoms with Crippen LogP contribution >= 0.6 is 0 Å². The van der Waals surface area contributed by atoms with Crippen molar-refractivity contribution in [2.24, 2.45) is 0 Å². The monoisotopic (exact) mass is 299 g/mol. The molecule has 0 radical (unpaired) electrons. The molecule has 0 heterocycles. The minimum atomic E-state index is -3.89. The Labute approximate surface area is 109 Å². The second-order valence-electron chi connectivity index (χ2n) is 5.12. The van der Waals surface area contributed by atoms with Crippen LogP contribution in [0.3, 0.4) is 0 Å². The van der Waals surface area contributed by atoms with Gasteiger partial charge in [0.25, 0.3) is 0 Å². The molecule has 1 aliphatic carbocycles. The zero-order valence-electron chi connectivity index (χ0n) is 10.6. The third-order valence-electron chi connectivity index (χ3n) is 3.02. The maximum Gasteiger partial charge on any atom is 0.226 e. The molecule has 0 aromatic carbocycles. The van der Waals surface area contributed by atoms with Crippen molar-refractivity contribution in [3.8, 4) is 0 Å². The number of nitrogens with one attached hydrogen (secondary N) is 1. The van der Waals surface area contributed by atoms with E-state index in [9.17, 15) is 21.9 Å². The first-order valence-corrected chi connectivity index (χ1v) is 9.71. The molecular formula is C10H21NO5S2. The lowest BCUT2D eigenvalue weighted by Gasteiger charge is -2.26. The highest BCUT2D eigenvalue weighted by Gasteiger charge is 2.30. The van der Waals surface area contributed by atoms with Crippen LogP contribution in [0.2, 0.25) is 0 Å². The molecule has 2 N–H and O–H groups in total. The standard InChI is InChI=1S/C10H21NO5S2/c1-17(13,14)9-18(15,16)11-8-10(12)6-4-2-3-5-7-10/h11-12H,2-9H2,1H3. The zero-order chi connectivity index (χ0) is 13.9. The van der Waals surface area contributed by atoms with Gasteiger partial charge in [-0.1, -0.05) is 25.7 Å². The van der Waals surface area contributed by atoms with Gasteiger partial charge >= 0.3 is 0 Å². The minimum Gasteiger partial charge on any atom is -0.389 e. The first-order valence-electron chi connectivity index (χ1n) is 5.99. The Hall–Kier alpha value is -0.180. The molecule has 0 aromatic heterocycles. The highest BCUT2D eigenvalue weighted by molar-refractivity contribution is 8.06. The summed E-state index contributed by atoms with van der Waals surface area (Å²) in [4.78, 5) is 0.